The van der Waals surface area contributed by atoms with Gasteiger partial charge in [-0.05, 0) is 24.3 Å². The number of rotatable bonds is 5. The predicted octanol–water partition coefficient (Wildman–Crippen LogP) is 3.86. The van der Waals surface area contributed by atoms with Gasteiger partial charge in [-0.1, -0.05) is 47.7 Å². The van der Waals surface area contributed by atoms with Crippen molar-refractivity contribution in [2.45, 2.75) is 0 Å². The number of amides is 1. The second-order valence-electron chi connectivity index (χ2n) is 5.14. The van der Waals surface area contributed by atoms with Crippen LogP contribution in [0.25, 0.3) is 11.6 Å². The Kier molecular flexibility index (Phi) is 5.37. The van der Waals surface area contributed by atoms with E-state index in [9.17, 15) is 10.1 Å². The van der Waals surface area contributed by atoms with Gasteiger partial charge in [0.15, 0.2) is 5.01 Å². The van der Waals surface area contributed by atoms with Crippen molar-refractivity contribution in [3.05, 3.63) is 70.7 Å². The first-order chi connectivity index (χ1) is 12.7. The number of benzene rings is 2. The number of carbonyl (C=O) groups is 1. The van der Waals surface area contributed by atoms with E-state index in [1.807, 2.05) is 30.3 Å². The summed E-state index contributed by atoms with van der Waals surface area (Å²) < 4.78 is 5.29. The molecule has 3 rings (SSSR count). The van der Waals surface area contributed by atoms with Crippen LogP contribution in [0.15, 0.2) is 54.6 Å². The van der Waals surface area contributed by atoms with Crippen LogP contribution in [0.4, 0.5) is 5.13 Å². The van der Waals surface area contributed by atoms with Gasteiger partial charge in [0.05, 0.1) is 12.7 Å². The third-order valence-corrected chi connectivity index (χ3v) is 4.34. The van der Waals surface area contributed by atoms with Crippen LogP contribution in [0.3, 0.4) is 0 Å². The quantitative estimate of drug-likeness (QED) is 0.696. The normalized spacial score (nSPS) is 10.8. The van der Waals surface area contributed by atoms with Gasteiger partial charge in [-0.3, -0.25) is 10.1 Å². The van der Waals surface area contributed by atoms with Gasteiger partial charge < -0.3 is 4.74 Å². The number of hydrogen-bond donors (Lipinski definition) is 1. The monoisotopic (exact) mass is 362 g/mol. The first-order valence-electron chi connectivity index (χ1n) is 7.66. The molecule has 0 saturated heterocycles. The summed E-state index contributed by atoms with van der Waals surface area (Å²) in [6.45, 7) is 0. The average molecular weight is 362 g/mol. The fraction of sp³-hybridized carbons (Fsp3) is 0.0526. The minimum Gasteiger partial charge on any atom is -0.496 e. The smallest absolute Gasteiger partial charge is 0.257 e. The Labute approximate surface area is 154 Å². The molecule has 7 heteroatoms. The lowest BCUT2D eigenvalue weighted by Gasteiger charge is -2.03. The molecule has 1 heterocycles. The number of hydrogen-bond acceptors (Lipinski definition) is 6. The lowest BCUT2D eigenvalue weighted by atomic mass is 10.1. The zero-order valence-electron chi connectivity index (χ0n) is 13.8. The Morgan fingerprint density at radius 2 is 1.88 bits per heavy atom. The highest BCUT2D eigenvalue weighted by molar-refractivity contribution is 7.16. The van der Waals surface area contributed by atoms with Gasteiger partial charge in [-0.2, -0.15) is 5.26 Å². The Bertz CT molecular complexity index is 990. The van der Waals surface area contributed by atoms with Crippen molar-refractivity contribution in [3.8, 4) is 11.8 Å². The maximum absolute atomic E-state index is 12.2. The van der Waals surface area contributed by atoms with Gasteiger partial charge in [0.25, 0.3) is 5.91 Å². The van der Waals surface area contributed by atoms with Crippen LogP contribution in [0, 0.1) is 11.3 Å². The summed E-state index contributed by atoms with van der Waals surface area (Å²) in [4.78, 5) is 12.2. The predicted molar refractivity (Wildman–Crippen MR) is 101 cm³/mol. The van der Waals surface area contributed by atoms with E-state index in [1.54, 1.807) is 37.5 Å². The number of nitriles is 1. The van der Waals surface area contributed by atoms with Crippen LogP contribution in [0.1, 0.15) is 20.9 Å². The number of nitrogens with zero attached hydrogens (tertiary/aromatic N) is 3. The standard InChI is InChI=1S/C19H14N4O2S/c1-25-16-10-6-5-9-14(16)11-15(12-20)18-22-23-19(26-18)21-17(24)13-7-3-2-4-8-13/h2-11H,1H3,(H,21,23,24). The number of methoxy groups -OCH3 is 1. The topological polar surface area (TPSA) is 87.9 Å². The second-order valence-corrected chi connectivity index (χ2v) is 6.12. The van der Waals surface area contributed by atoms with Crippen molar-refractivity contribution in [3.63, 3.8) is 0 Å². The molecule has 1 aromatic heterocycles. The zero-order valence-corrected chi connectivity index (χ0v) is 14.7. The lowest BCUT2D eigenvalue weighted by Crippen LogP contribution is -2.11. The van der Waals surface area contributed by atoms with E-state index in [2.05, 4.69) is 21.6 Å². The summed E-state index contributed by atoms with van der Waals surface area (Å²) in [5, 5.41) is 20.9. The molecule has 6 nitrogen and oxygen atoms in total. The summed E-state index contributed by atoms with van der Waals surface area (Å²) in [7, 11) is 1.57. The Morgan fingerprint density at radius 3 is 2.62 bits per heavy atom. The number of ether oxygens (including phenoxy) is 1. The molecule has 0 aliphatic heterocycles. The van der Waals surface area contributed by atoms with E-state index < -0.39 is 0 Å². The lowest BCUT2D eigenvalue weighted by molar-refractivity contribution is 0.102. The highest BCUT2D eigenvalue weighted by Crippen LogP contribution is 2.27. The maximum Gasteiger partial charge on any atom is 0.257 e. The molecule has 0 saturated carbocycles. The van der Waals surface area contributed by atoms with Crippen LogP contribution in [0.2, 0.25) is 0 Å². The average Bonchev–Trinajstić information content (AvgIpc) is 3.15. The zero-order chi connectivity index (χ0) is 18.4. The molecule has 3 aromatic rings. The molecule has 2 aromatic carbocycles. The molecule has 0 spiro atoms. The first-order valence-corrected chi connectivity index (χ1v) is 8.48. The van der Waals surface area contributed by atoms with Gasteiger partial charge in [0.2, 0.25) is 5.13 Å². The van der Waals surface area contributed by atoms with Gasteiger partial charge in [-0.15, -0.1) is 10.2 Å². The Morgan fingerprint density at radius 1 is 1.15 bits per heavy atom. The van der Waals surface area contributed by atoms with Gasteiger partial charge in [0, 0.05) is 11.1 Å². The molecule has 0 unspecified atom stereocenters. The molecule has 0 atom stereocenters. The second kappa shape index (κ2) is 8.05. The van der Waals surface area contributed by atoms with Crippen molar-refractivity contribution in [2.75, 3.05) is 12.4 Å². The minimum absolute atomic E-state index is 0.277. The van der Waals surface area contributed by atoms with E-state index in [4.69, 9.17) is 4.74 Å². The van der Waals surface area contributed by atoms with E-state index in [-0.39, 0.29) is 5.91 Å². The highest BCUT2D eigenvalue weighted by atomic mass is 32.1. The summed E-state index contributed by atoms with van der Waals surface area (Å²) in [6.07, 6.45) is 1.68. The Hall–Kier alpha value is -3.50. The van der Waals surface area contributed by atoms with Crippen LogP contribution in [-0.2, 0) is 0 Å². The van der Waals surface area contributed by atoms with Crippen LogP contribution < -0.4 is 10.1 Å². The number of aromatic nitrogens is 2. The third-order valence-electron chi connectivity index (χ3n) is 3.47. The summed E-state index contributed by atoms with van der Waals surface area (Å²) in [6, 6.07) is 18.3. The molecule has 26 heavy (non-hydrogen) atoms. The molecular formula is C19H14N4O2S. The molecule has 128 valence electrons. The van der Waals surface area contributed by atoms with Crippen molar-refractivity contribution >= 4 is 34.0 Å². The molecule has 1 N–H and O–H groups in total. The van der Waals surface area contributed by atoms with Gasteiger partial charge in [-0.25, -0.2) is 0 Å². The molecular weight excluding hydrogens is 348 g/mol. The minimum atomic E-state index is -0.277. The van der Waals surface area contributed by atoms with Crippen molar-refractivity contribution in [1.29, 1.82) is 5.26 Å². The highest BCUT2D eigenvalue weighted by Gasteiger charge is 2.13. The molecule has 0 fully saturated rings. The summed E-state index contributed by atoms with van der Waals surface area (Å²) in [5.74, 6) is 0.378. The first kappa shape index (κ1) is 17.3. The van der Waals surface area contributed by atoms with Crippen LogP contribution in [0.5, 0.6) is 5.75 Å². The number of carbonyl (C=O) groups excluding carboxylic acids is 1. The van der Waals surface area contributed by atoms with Crippen molar-refractivity contribution < 1.29 is 9.53 Å². The molecule has 0 aliphatic carbocycles. The molecule has 1 amide bonds. The molecule has 0 bridgehead atoms. The van der Waals surface area contributed by atoms with Gasteiger partial charge in [0.1, 0.15) is 11.8 Å². The van der Waals surface area contributed by atoms with E-state index in [1.165, 1.54) is 0 Å². The van der Waals surface area contributed by atoms with Crippen LogP contribution in [-0.4, -0.2) is 23.2 Å². The van der Waals surface area contributed by atoms with E-state index >= 15 is 0 Å². The fourth-order valence-corrected chi connectivity index (χ4v) is 2.93. The SMILES string of the molecule is COc1ccccc1C=C(C#N)c1nnc(NC(=O)c2ccccc2)s1. The maximum atomic E-state index is 12.2. The Balaban J connectivity index is 1.82. The number of para-hydroxylation sites is 1. The molecule has 0 aliphatic rings. The summed E-state index contributed by atoms with van der Waals surface area (Å²) in [5.41, 5.74) is 1.62. The number of allylic oxidation sites excluding steroid dienone is 1. The van der Waals surface area contributed by atoms with E-state index in [0.29, 0.717) is 27.0 Å². The number of nitrogens with one attached hydrogen (secondary N) is 1. The third kappa shape index (κ3) is 3.94. The number of anilines is 1. The van der Waals surface area contributed by atoms with Gasteiger partial charge >= 0.3 is 0 Å². The van der Waals surface area contributed by atoms with Crippen molar-refractivity contribution in [1.82, 2.24) is 10.2 Å². The summed E-state index contributed by atoms with van der Waals surface area (Å²) >= 11 is 1.14. The van der Waals surface area contributed by atoms with Crippen molar-refractivity contribution in [2.24, 2.45) is 0 Å². The molecule has 0 radical (unpaired) electrons. The van der Waals surface area contributed by atoms with Crippen LogP contribution >= 0.6 is 11.3 Å². The van der Waals surface area contributed by atoms with E-state index in [0.717, 1.165) is 16.9 Å². The fourth-order valence-electron chi connectivity index (χ4n) is 2.22. The largest absolute Gasteiger partial charge is 0.496 e.